The highest BCUT2D eigenvalue weighted by Crippen LogP contribution is 2.29. The largest absolute Gasteiger partial charge is 0.394 e. The summed E-state index contributed by atoms with van der Waals surface area (Å²) in [4.78, 5) is 11.7. The normalized spacial score (nSPS) is 13.7. The van der Waals surface area contributed by atoms with Gasteiger partial charge in [-0.05, 0) is 25.0 Å². The molecule has 19 heavy (non-hydrogen) atoms. The van der Waals surface area contributed by atoms with E-state index in [0.717, 1.165) is 5.56 Å². The molecule has 0 aliphatic heterocycles. The fourth-order valence-electron chi connectivity index (χ4n) is 1.63. The molecule has 0 aliphatic carbocycles. The third-order valence-corrected chi connectivity index (χ3v) is 3.68. The molecule has 4 nitrogen and oxygen atoms in total. The van der Waals surface area contributed by atoms with Gasteiger partial charge in [-0.25, -0.2) is 4.79 Å². The van der Waals surface area contributed by atoms with Gasteiger partial charge in [0.25, 0.3) is 0 Å². The number of carbonyl (C=O) groups is 1. The fraction of sp³-hybridized carbons (Fsp3) is 0.462. The third-order valence-electron chi connectivity index (χ3n) is 2.84. The van der Waals surface area contributed by atoms with Crippen LogP contribution in [0.2, 0.25) is 10.0 Å². The first-order chi connectivity index (χ1) is 8.99. The van der Waals surface area contributed by atoms with E-state index in [4.69, 9.17) is 28.3 Å². The average Bonchev–Trinajstić information content (AvgIpc) is 2.38. The number of amides is 2. The molecule has 106 valence electrons. The monoisotopic (exact) mass is 304 g/mol. The summed E-state index contributed by atoms with van der Waals surface area (Å²) < 4.78 is 0. The summed E-state index contributed by atoms with van der Waals surface area (Å²) in [6.07, 6.45) is 0.663. The lowest BCUT2D eigenvalue weighted by molar-refractivity contribution is 0.212. The van der Waals surface area contributed by atoms with Crippen molar-refractivity contribution in [1.29, 1.82) is 0 Å². The predicted octanol–water partition coefficient (Wildman–Crippen LogP) is 3.12. The van der Waals surface area contributed by atoms with Crippen LogP contribution in [0.5, 0.6) is 0 Å². The van der Waals surface area contributed by atoms with Crippen molar-refractivity contribution in [1.82, 2.24) is 10.6 Å². The Balaban J connectivity index is 2.66. The molecule has 2 atom stereocenters. The molecule has 1 rings (SSSR count). The van der Waals surface area contributed by atoms with Gasteiger partial charge in [-0.2, -0.15) is 0 Å². The van der Waals surface area contributed by atoms with Crippen LogP contribution in [0.3, 0.4) is 0 Å². The molecule has 0 aliphatic rings. The van der Waals surface area contributed by atoms with E-state index in [0.29, 0.717) is 16.5 Å². The molecule has 3 N–H and O–H groups in total. The minimum absolute atomic E-state index is 0.0871. The molecule has 0 saturated heterocycles. The molecule has 0 saturated carbocycles. The molecule has 2 unspecified atom stereocenters. The predicted molar refractivity (Wildman–Crippen MR) is 77.7 cm³/mol. The second kappa shape index (κ2) is 7.58. The molecule has 0 spiro atoms. The Hall–Kier alpha value is -0.970. The summed E-state index contributed by atoms with van der Waals surface area (Å²) >= 11 is 12.0. The van der Waals surface area contributed by atoms with Gasteiger partial charge in [0.05, 0.1) is 28.7 Å². The molecule has 0 aromatic heterocycles. The lowest BCUT2D eigenvalue weighted by atomic mass is 10.1. The van der Waals surface area contributed by atoms with Crippen LogP contribution < -0.4 is 10.6 Å². The van der Waals surface area contributed by atoms with Crippen molar-refractivity contribution in [2.45, 2.75) is 32.4 Å². The molecule has 1 aromatic rings. The SMILES string of the molecule is CCC(CO)NC(=O)NC(C)c1cccc(Cl)c1Cl. The Morgan fingerprint density at radius 2 is 2.05 bits per heavy atom. The number of rotatable bonds is 5. The van der Waals surface area contributed by atoms with Crippen molar-refractivity contribution in [2.24, 2.45) is 0 Å². The van der Waals surface area contributed by atoms with Gasteiger partial charge in [0, 0.05) is 0 Å². The minimum atomic E-state index is -0.343. The molecule has 0 heterocycles. The Bertz CT molecular complexity index is 437. The molecule has 2 amide bonds. The van der Waals surface area contributed by atoms with Crippen molar-refractivity contribution in [3.8, 4) is 0 Å². The van der Waals surface area contributed by atoms with Gasteiger partial charge >= 0.3 is 6.03 Å². The summed E-state index contributed by atoms with van der Waals surface area (Å²) in [6.45, 7) is 3.62. The van der Waals surface area contributed by atoms with Gasteiger partial charge in [-0.3, -0.25) is 0 Å². The van der Waals surface area contributed by atoms with E-state index in [1.54, 1.807) is 12.1 Å². The summed E-state index contributed by atoms with van der Waals surface area (Å²) in [6, 6.07) is 4.41. The molecular weight excluding hydrogens is 287 g/mol. The maximum absolute atomic E-state index is 11.7. The van der Waals surface area contributed by atoms with Crippen LogP contribution in [-0.4, -0.2) is 23.8 Å². The smallest absolute Gasteiger partial charge is 0.315 e. The zero-order valence-corrected chi connectivity index (χ0v) is 12.4. The van der Waals surface area contributed by atoms with Gasteiger partial charge in [0.15, 0.2) is 0 Å². The van der Waals surface area contributed by atoms with Gasteiger partial charge in [0.1, 0.15) is 0 Å². The first-order valence-corrected chi connectivity index (χ1v) is 6.87. The zero-order chi connectivity index (χ0) is 14.4. The highest BCUT2D eigenvalue weighted by atomic mass is 35.5. The second-order valence-electron chi connectivity index (χ2n) is 4.27. The standard InChI is InChI=1S/C13H18Cl2N2O2/c1-3-9(7-18)17-13(19)16-8(2)10-5-4-6-11(14)12(10)15/h4-6,8-9,18H,3,7H2,1-2H3,(H2,16,17,19). The number of urea groups is 1. The Kier molecular flexibility index (Phi) is 6.42. The number of benzene rings is 1. The number of aliphatic hydroxyl groups is 1. The van der Waals surface area contributed by atoms with Crippen LogP contribution in [0.15, 0.2) is 18.2 Å². The Morgan fingerprint density at radius 3 is 2.63 bits per heavy atom. The summed E-state index contributed by atoms with van der Waals surface area (Å²) in [5.41, 5.74) is 0.751. The van der Waals surface area contributed by atoms with Crippen molar-refractivity contribution in [3.63, 3.8) is 0 Å². The Morgan fingerprint density at radius 1 is 1.37 bits per heavy atom. The van der Waals surface area contributed by atoms with Crippen molar-refractivity contribution < 1.29 is 9.90 Å². The quantitative estimate of drug-likeness (QED) is 0.782. The number of hydrogen-bond donors (Lipinski definition) is 3. The lowest BCUT2D eigenvalue weighted by Gasteiger charge is -2.19. The van der Waals surface area contributed by atoms with Crippen LogP contribution in [0.4, 0.5) is 4.79 Å². The van der Waals surface area contributed by atoms with E-state index < -0.39 is 0 Å². The topological polar surface area (TPSA) is 61.4 Å². The molecule has 0 fully saturated rings. The molecule has 0 radical (unpaired) electrons. The number of nitrogens with one attached hydrogen (secondary N) is 2. The van der Waals surface area contributed by atoms with Crippen molar-refractivity contribution in [2.75, 3.05) is 6.61 Å². The van der Waals surface area contributed by atoms with E-state index in [-0.39, 0.29) is 24.7 Å². The number of halogens is 2. The van der Waals surface area contributed by atoms with Crippen LogP contribution in [0.25, 0.3) is 0 Å². The number of hydrogen-bond acceptors (Lipinski definition) is 2. The third kappa shape index (κ3) is 4.56. The van der Waals surface area contributed by atoms with Gasteiger partial charge in [-0.1, -0.05) is 42.3 Å². The van der Waals surface area contributed by atoms with E-state index >= 15 is 0 Å². The lowest BCUT2D eigenvalue weighted by Crippen LogP contribution is -2.44. The highest BCUT2D eigenvalue weighted by molar-refractivity contribution is 6.42. The minimum Gasteiger partial charge on any atom is -0.394 e. The second-order valence-corrected chi connectivity index (χ2v) is 5.06. The van der Waals surface area contributed by atoms with E-state index in [1.807, 2.05) is 19.9 Å². The van der Waals surface area contributed by atoms with Gasteiger partial charge in [0.2, 0.25) is 0 Å². The molecule has 6 heteroatoms. The van der Waals surface area contributed by atoms with Crippen LogP contribution in [0, 0.1) is 0 Å². The van der Waals surface area contributed by atoms with E-state index in [1.165, 1.54) is 0 Å². The highest BCUT2D eigenvalue weighted by Gasteiger charge is 2.15. The first kappa shape index (κ1) is 16.1. The molecular formula is C13H18Cl2N2O2. The molecule has 0 bridgehead atoms. The first-order valence-electron chi connectivity index (χ1n) is 6.11. The van der Waals surface area contributed by atoms with Crippen LogP contribution >= 0.6 is 23.2 Å². The summed E-state index contributed by atoms with van der Waals surface area (Å²) in [5, 5.41) is 15.3. The van der Waals surface area contributed by atoms with E-state index in [9.17, 15) is 4.79 Å². The van der Waals surface area contributed by atoms with Crippen molar-refractivity contribution >= 4 is 29.2 Å². The number of aliphatic hydroxyl groups excluding tert-OH is 1. The Labute approximate surface area is 123 Å². The van der Waals surface area contributed by atoms with Crippen LogP contribution in [-0.2, 0) is 0 Å². The fourth-order valence-corrected chi connectivity index (χ4v) is 2.10. The molecule has 1 aromatic carbocycles. The zero-order valence-electron chi connectivity index (χ0n) is 10.9. The van der Waals surface area contributed by atoms with E-state index in [2.05, 4.69) is 10.6 Å². The maximum atomic E-state index is 11.7. The summed E-state index contributed by atoms with van der Waals surface area (Å²) in [5.74, 6) is 0. The van der Waals surface area contributed by atoms with Crippen molar-refractivity contribution in [3.05, 3.63) is 33.8 Å². The van der Waals surface area contributed by atoms with Gasteiger partial charge in [-0.15, -0.1) is 0 Å². The summed E-state index contributed by atoms with van der Waals surface area (Å²) in [7, 11) is 0. The average molecular weight is 305 g/mol. The van der Waals surface area contributed by atoms with Gasteiger partial charge < -0.3 is 15.7 Å². The maximum Gasteiger partial charge on any atom is 0.315 e. The van der Waals surface area contributed by atoms with Crippen LogP contribution in [0.1, 0.15) is 31.9 Å². The number of carbonyl (C=O) groups excluding carboxylic acids is 1.